The van der Waals surface area contributed by atoms with Gasteiger partial charge in [-0.1, -0.05) is 25.7 Å². The molecule has 0 spiro atoms. The van der Waals surface area contributed by atoms with Gasteiger partial charge in [-0.15, -0.1) is 0 Å². The zero-order chi connectivity index (χ0) is 18.7. The lowest BCUT2D eigenvalue weighted by molar-refractivity contribution is -0.122. The summed E-state index contributed by atoms with van der Waals surface area (Å²) in [6.45, 7) is 0.00322. The van der Waals surface area contributed by atoms with Gasteiger partial charge in [0.25, 0.3) is 11.8 Å². The third kappa shape index (κ3) is 3.98. The molecule has 1 aromatic heterocycles. The number of hydrogen-bond donors (Lipinski definition) is 3. The van der Waals surface area contributed by atoms with Crippen LogP contribution in [-0.4, -0.2) is 45.6 Å². The van der Waals surface area contributed by atoms with Gasteiger partial charge >= 0.3 is 0 Å². The fourth-order valence-electron chi connectivity index (χ4n) is 3.84. The van der Waals surface area contributed by atoms with Gasteiger partial charge in [0.1, 0.15) is 11.4 Å². The second-order valence-electron chi connectivity index (χ2n) is 7.06. The lowest BCUT2D eigenvalue weighted by Gasteiger charge is -2.28. The van der Waals surface area contributed by atoms with Crippen LogP contribution in [-0.2, 0) is 4.79 Å². The summed E-state index contributed by atoms with van der Waals surface area (Å²) in [6, 6.07) is 0.216. The van der Waals surface area contributed by atoms with Gasteiger partial charge in [0, 0.05) is 12.1 Å². The number of primary amides is 1. The van der Waals surface area contributed by atoms with E-state index in [0.717, 1.165) is 62.9 Å². The normalized spacial score (nSPS) is 18.2. The van der Waals surface area contributed by atoms with Crippen LogP contribution in [0.4, 0.5) is 5.69 Å². The highest BCUT2D eigenvalue weighted by molar-refractivity contribution is 7.09. The molecule has 0 atom stereocenters. The van der Waals surface area contributed by atoms with Crippen molar-refractivity contribution in [1.29, 1.82) is 0 Å². The van der Waals surface area contributed by atoms with Crippen molar-refractivity contribution in [2.75, 3.05) is 12.3 Å². The molecule has 2 fully saturated rings. The molecule has 3 amide bonds. The highest BCUT2D eigenvalue weighted by Gasteiger charge is 2.33. The number of nitrogen functional groups attached to an aromatic ring is 1. The summed E-state index contributed by atoms with van der Waals surface area (Å²) in [5.41, 5.74) is 11.1. The van der Waals surface area contributed by atoms with E-state index >= 15 is 0 Å². The van der Waals surface area contributed by atoms with Gasteiger partial charge in [-0.05, 0) is 37.2 Å². The first-order valence-electron chi connectivity index (χ1n) is 9.12. The Hall–Kier alpha value is -2.16. The van der Waals surface area contributed by atoms with Gasteiger partial charge in [-0.25, -0.2) is 0 Å². The number of carbonyl (C=O) groups excluding carboxylic acids is 3. The largest absolute Gasteiger partial charge is 0.395 e. The molecular weight excluding hydrogens is 354 g/mol. The van der Waals surface area contributed by atoms with Gasteiger partial charge in [-0.2, -0.15) is 4.37 Å². The Bertz CT molecular complexity index is 693. The van der Waals surface area contributed by atoms with E-state index in [9.17, 15) is 14.4 Å². The standard InChI is InChI=1S/C17H25N5O3S/c18-13-14(16(19)24)21-26-15(13)17(25)22(11-7-3-4-8-11)9-12(23)20-10-5-1-2-6-10/h10-11H,1-9,18H2,(H2,19,24)(H,20,23). The quantitative estimate of drug-likeness (QED) is 0.685. The molecule has 0 unspecified atom stereocenters. The van der Waals surface area contributed by atoms with Crippen LogP contribution in [0.25, 0.3) is 0 Å². The molecule has 2 saturated carbocycles. The molecule has 2 aliphatic rings. The van der Waals surface area contributed by atoms with Crippen LogP contribution in [0.3, 0.4) is 0 Å². The molecule has 0 saturated heterocycles. The van der Waals surface area contributed by atoms with Crippen molar-refractivity contribution < 1.29 is 14.4 Å². The molecule has 0 bridgehead atoms. The molecular formula is C17H25N5O3S. The third-order valence-electron chi connectivity index (χ3n) is 5.22. The van der Waals surface area contributed by atoms with E-state index in [0.29, 0.717) is 0 Å². The zero-order valence-corrected chi connectivity index (χ0v) is 15.5. The molecule has 8 nitrogen and oxygen atoms in total. The number of nitrogens with two attached hydrogens (primary N) is 2. The van der Waals surface area contributed by atoms with E-state index in [4.69, 9.17) is 11.5 Å². The Morgan fingerprint density at radius 1 is 1.12 bits per heavy atom. The molecule has 0 radical (unpaired) electrons. The molecule has 5 N–H and O–H groups in total. The van der Waals surface area contributed by atoms with Crippen LogP contribution in [0.2, 0.25) is 0 Å². The Kier molecular flexibility index (Phi) is 5.75. The maximum atomic E-state index is 13.0. The van der Waals surface area contributed by atoms with Crippen LogP contribution in [0, 0.1) is 0 Å². The maximum Gasteiger partial charge on any atom is 0.270 e. The fourth-order valence-corrected chi connectivity index (χ4v) is 4.60. The second-order valence-corrected chi connectivity index (χ2v) is 7.83. The molecule has 26 heavy (non-hydrogen) atoms. The van der Waals surface area contributed by atoms with E-state index in [-0.39, 0.29) is 46.7 Å². The lowest BCUT2D eigenvalue weighted by atomic mass is 10.1. The topological polar surface area (TPSA) is 131 Å². The van der Waals surface area contributed by atoms with Gasteiger partial charge < -0.3 is 21.7 Å². The summed E-state index contributed by atoms with van der Waals surface area (Å²) < 4.78 is 3.90. The van der Waals surface area contributed by atoms with Crippen molar-refractivity contribution >= 4 is 34.9 Å². The minimum absolute atomic E-state index is 0.00322. The predicted octanol–water partition coefficient (Wildman–Crippen LogP) is 1.27. The van der Waals surface area contributed by atoms with Crippen LogP contribution in [0.5, 0.6) is 0 Å². The van der Waals surface area contributed by atoms with E-state index in [2.05, 4.69) is 9.69 Å². The van der Waals surface area contributed by atoms with Crippen molar-refractivity contribution in [2.45, 2.75) is 63.5 Å². The molecule has 0 aliphatic heterocycles. The van der Waals surface area contributed by atoms with Gasteiger partial charge in [0.05, 0.1) is 5.69 Å². The Morgan fingerprint density at radius 3 is 2.31 bits per heavy atom. The van der Waals surface area contributed by atoms with Gasteiger partial charge in [0.2, 0.25) is 5.91 Å². The van der Waals surface area contributed by atoms with Crippen LogP contribution in [0.1, 0.15) is 71.5 Å². The average Bonchev–Trinajstić information content (AvgIpc) is 3.33. The van der Waals surface area contributed by atoms with E-state index in [1.807, 2.05) is 0 Å². The second kappa shape index (κ2) is 8.03. The first-order chi connectivity index (χ1) is 12.5. The number of nitrogens with zero attached hydrogens (tertiary/aromatic N) is 2. The van der Waals surface area contributed by atoms with Gasteiger partial charge in [-0.3, -0.25) is 14.4 Å². The van der Waals surface area contributed by atoms with E-state index in [1.165, 1.54) is 0 Å². The summed E-state index contributed by atoms with van der Waals surface area (Å²) in [6.07, 6.45) is 8.03. The Morgan fingerprint density at radius 2 is 1.73 bits per heavy atom. The molecule has 2 aliphatic carbocycles. The molecule has 1 heterocycles. The summed E-state index contributed by atoms with van der Waals surface area (Å²) in [5, 5.41) is 3.03. The maximum absolute atomic E-state index is 13.0. The van der Waals surface area contributed by atoms with Crippen LogP contribution < -0.4 is 16.8 Å². The summed E-state index contributed by atoms with van der Waals surface area (Å²) in [4.78, 5) is 38.6. The van der Waals surface area contributed by atoms with Gasteiger partial charge in [0.15, 0.2) is 5.69 Å². The van der Waals surface area contributed by atoms with Crippen LogP contribution >= 0.6 is 11.5 Å². The van der Waals surface area contributed by atoms with E-state index < -0.39 is 5.91 Å². The van der Waals surface area contributed by atoms with Crippen molar-refractivity contribution in [3.63, 3.8) is 0 Å². The number of rotatable bonds is 6. The first kappa shape index (κ1) is 18.6. The number of nitrogens with one attached hydrogen (secondary N) is 1. The third-order valence-corrected chi connectivity index (χ3v) is 6.07. The first-order valence-corrected chi connectivity index (χ1v) is 9.90. The molecule has 142 valence electrons. The minimum Gasteiger partial charge on any atom is -0.395 e. The summed E-state index contributed by atoms with van der Waals surface area (Å²) in [7, 11) is 0. The monoisotopic (exact) mass is 379 g/mol. The summed E-state index contributed by atoms with van der Waals surface area (Å²) >= 11 is 0.861. The lowest BCUT2D eigenvalue weighted by Crippen LogP contribution is -2.47. The Balaban J connectivity index is 1.75. The van der Waals surface area contributed by atoms with Crippen molar-refractivity contribution in [2.24, 2.45) is 5.73 Å². The highest BCUT2D eigenvalue weighted by Crippen LogP contribution is 2.29. The van der Waals surface area contributed by atoms with Crippen molar-refractivity contribution in [3.8, 4) is 0 Å². The number of hydrogen-bond acceptors (Lipinski definition) is 6. The fraction of sp³-hybridized carbons (Fsp3) is 0.647. The number of carbonyl (C=O) groups is 3. The molecule has 3 rings (SSSR count). The van der Waals surface area contributed by atoms with E-state index in [1.54, 1.807) is 4.90 Å². The minimum atomic E-state index is -0.760. The van der Waals surface area contributed by atoms with Crippen molar-refractivity contribution in [1.82, 2.24) is 14.6 Å². The molecule has 0 aromatic carbocycles. The zero-order valence-electron chi connectivity index (χ0n) is 14.7. The Labute approximate surface area is 156 Å². The smallest absolute Gasteiger partial charge is 0.270 e. The molecule has 9 heteroatoms. The number of aromatic nitrogens is 1. The van der Waals surface area contributed by atoms with Crippen molar-refractivity contribution in [3.05, 3.63) is 10.6 Å². The average molecular weight is 379 g/mol. The summed E-state index contributed by atoms with van der Waals surface area (Å²) in [5.74, 6) is -1.25. The highest BCUT2D eigenvalue weighted by atomic mass is 32.1. The number of anilines is 1. The number of amides is 3. The molecule has 1 aromatic rings. The SMILES string of the molecule is NC(=O)c1nsc(C(=O)N(CC(=O)NC2CCCC2)C2CCCC2)c1N. The predicted molar refractivity (Wildman–Crippen MR) is 98.7 cm³/mol. The van der Waals surface area contributed by atoms with Crippen LogP contribution in [0.15, 0.2) is 0 Å².